The van der Waals surface area contributed by atoms with Crippen LogP contribution < -0.4 is 10.3 Å². The molecule has 0 spiro atoms. The SMILES string of the molecule is CCN1c2cc(C)c(/C=N/NC(=O)c3ccccc3Cl)cc2C(C)CC1(C)C. The standard InChI is InChI=1S/C23H28ClN3O/c1-6-27-21-11-15(2)17(12-19(21)16(3)13-23(27,4)5)14-25-26-22(28)18-9-7-8-10-20(18)24/h7-12,14,16H,6,13H2,1-5H3,(H,26,28)/b25-14+. The number of hydrogen-bond donors (Lipinski definition) is 1. The summed E-state index contributed by atoms with van der Waals surface area (Å²) in [6.07, 6.45) is 2.82. The van der Waals surface area contributed by atoms with Crippen LogP contribution in [0.3, 0.4) is 0 Å². The molecule has 0 bridgehead atoms. The quantitative estimate of drug-likeness (QED) is 0.545. The first-order chi connectivity index (χ1) is 13.2. The topological polar surface area (TPSA) is 44.7 Å². The highest BCUT2D eigenvalue weighted by Gasteiger charge is 2.35. The normalized spacial score (nSPS) is 18.2. The van der Waals surface area contributed by atoms with Gasteiger partial charge in [0.25, 0.3) is 5.91 Å². The highest BCUT2D eigenvalue weighted by atomic mass is 35.5. The highest BCUT2D eigenvalue weighted by Crippen LogP contribution is 2.43. The molecule has 1 aliphatic rings. The number of fused-ring (bicyclic) bond motifs is 1. The first-order valence-corrected chi connectivity index (χ1v) is 10.1. The van der Waals surface area contributed by atoms with E-state index in [4.69, 9.17) is 11.6 Å². The molecule has 1 heterocycles. The maximum Gasteiger partial charge on any atom is 0.272 e. The monoisotopic (exact) mass is 397 g/mol. The molecule has 2 aromatic rings. The number of anilines is 1. The molecule has 1 atom stereocenters. The summed E-state index contributed by atoms with van der Waals surface area (Å²) in [4.78, 5) is 14.7. The Morgan fingerprint density at radius 1 is 1.36 bits per heavy atom. The van der Waals surface area contributed by atoms with Gasteiger partial charge in [0.2, 0.25) is 0 Å². The molecule has 5 heteroatoms. The molecule has 4 nitrogen and oxygen atoms in total. The molecule has 28 heavy (non-hydrogen) atoms. The van der Waals surface area contributed by atoms with E-state index in [1.807, 2.05) is 0 Å². The Morgan fingerprint density at radius 2 is 2.07 bits per heavy atom. The fourth-order valence-electron chi connectivity index (χ4n) is 4.25. The zero-order valence-electron chi connectivity index (χ0n) is 17.2. The number of carbonyl (C=O) groups excluding carboxylic acids is 1. The lowest BCUT2D eigenvalue weighted by molar-refractivity contribution is 0.0955. The smallest absolute Gasteiger partial charge is 0.272 e. The van der Waals surface area contributed by atoms with E-state index < -0.39 is 0 Å². The van der Waals surface area contributed by atoms with Crippen molar-refractivity contribution in [2.24, 2.45) is 5.10 Å². The van der Waals surface area contributed by atoms with E-state index in [-0.39, 0.29) is 11.4 Å². The highest BCUT2D eigenvalue weighted by molar-refractivity contribution is 6.33. The molecule has 0 aromatic heterocycles. The summed E-state index contributed by atoms with van der Waals surface area (Å²) in [5.74, 6) is 0.156. The van der Waals surface area contributed by atoms with E-state index in [1.165, 1.54) is 11.3 Å². The van der Waals surface area contributed by atoms with Gasteiger partial charge in [0, 0.05) is 17.8 Å². The number of aryl methyl sites for hydroxylation is 1. The maximum atomic E-state index is 12.3. The lowest BCUT2D eigenvalue weighted by Crippen LogP contribution is -2.48. The number of rotatable bonds is 4. The van der Waals surface area contributed by atoms with Crippen molar-refractivity contribution in [1.29, 1.82) is 0 Å². The van der Waals surface area contributed by atoms with Crippen molar-refractivity contribution in [3.8, 4) is 0 Å². The van der Waals surface area contributed by atoms with Crippen molar-refractivity contribution >= 4 is 29.4 Å². The molecule has 0 aliphatic carbocycles. The van der Waals surface area contributed by atoms with Gasteiger partial charge < -0.3 is 4.90 Å². The molecule has 1 unspecified atom stereocenters. The number of nitrogens with one attached hydrogen (secondary N) is 1. The van der Waals surface area contributed by atoms with Gasteiger partial charge in [0.05, 0.1) is 16.8 Å². The molecule has 3 rings (SSSR count). The van der Waals surface area contributed by atoms with Crippen molar-refractivity contribution in [3.05, 3.63) is 63.7 Å². The fraction of sp³-hybridized carbons (Fsp3) is 0.391. The van der Waals surface area contributed by atoms with Crippen LogP contribution in [0.15, 0.2) is 41.5 Å². The van der Waals surface area contributed by atoms with Crippen LogP contribution in [0.25, 0.3) is 0 Å². The molecular formula is C23H28ClN3O. The number of benzene rings is 2. The number of carbonyl (C=O) groups is 1. The second kappa shape index (κ2) is 7.96. The lowest BCUT2D eigenvalue weighted by Gasteiger charge is -2.47. The van der Waals surface area contributed by atoms with Gasteiger partial charge in [0.1, 0.15) is 0 Å². The summed E-state index contributed by atoms with van der Waals surface area (Å²) in [6, 6.07) is 11.4. The van der Waals surface area contributed by atoms with Gasteiger partial charge >= 0.3 is 0 Å². The van der Waals surface area contributed by atoms with Crippen LogP contribution in [0.4, 0.5) is 5.69 Å². The second-order valence-corrected chi connectivity index (χ2v) is 8.52. The predicted octanol–water partition coefficient (Wildman–Crippen LogP) is 5.52. The third-order valence-corrected chi connectivity index (χ3v) is 5.91. The molecule has 148 valence electrons. The third kappa shape index (κ3) is 3.93. The summed E-state index contributed by atoms with van der Waals surface area (Å²) in [5.41, 5.74) is 7.93. The van der Waals surface area contributed by atoms with Crippen molar-refractivity contribution in [2.45, 2.75) is 52.5 Å². The van der Waals surface area contributed by atoms with Gasteiger partial charge in [-0.1, -0.05) is 30.7 Å². The molecule has 1 amide bonds. The molecule has 1 aliphatic heterocycles. The van der Waals surface area contributed by atoms with Crippen LogP contribution in [0.1, 0.15) is 67.1 Å². The molecule has 0 radical (unpaired) electrons. The van der Waals surface area contributed by atoms with Gasteiger partial charge in [-0.15, -0.1) is 0 Å². The zero-order valence-corrected chi connectivity index (χ0v) is 18.0. The Morgan fingerprint density at radius 3 is 2.75 bits per heavy atom. The van der Waals surface area contributed by atoms with Crippen molar-refractivity contribution in [3.63, 3.8) is 0 Å². The Bertz CT molecular complexity index is 920. The molecule has 0 saturated carbocycles. The van der Waals surface area contributed by atoms with Gasteiger partial charge in [-0.2, -0.15) is 5.10 Å². The van der Waals surface area contributed by atoms with Gasteiger partial charge in [0.15, 0.2) is 0 Å². The van der Waals surface area contributed by atoms with Gasteiger partial charge in [-0.05, 0) is 81.0 Å². The Balaban J connectivity index is 1.84. The molecule has 0 fully saturated rings. The maximum absolute atomic E-state index is 12.3. The van der Waals surface area contributed by atoms with Crippen molar-refractivity contribution < 1.29 is 4.79 Å². The number of hydrogen-bond acceptors (Lipinski definition) is 3. The Labute approximate surface area is 172 Å². The number of nitrogens with zero attached hydrogens (tertiary/aromatic N) is 2. The van der Waals surface area contributed by atoms with Gasteiger partial charge in [-0.3, -0.25) is 4.79 Å². The van der Waals surface area contributed by atoms with E-state index in [0.29, 0.717) is 16.5 Å². The minimum Gasteiger partial charge on any atom is -0.366 e. The summed E-state index contributed by atoms with van der Waals surface area (Å²) < 4.78 is 0. The van der Waals surface area contributed by atoms with E-state index in [1.54, 1.807) is 30.5 Å². The summed E-state index contributed by atoms with van der Waals surface area (Å²) in [6.45, 7) is 12.2. The van der Waals surface area contributed by atoms with E-state index in [9.17, 15) is 4.79 Å². The molecule has 2 aromatic carbocycles. The second-order valence-electron chi connectivity index (χ2n) is 8.11. The Hall–Kier alpha value is -2.33. The number of amides is 1. The van der Waals surface area contributed by atoms with Crippen LogP contribution in [-0.2, 0) is 0 Å². The average molecular weight is 398 g/mol. The minimum atomic E-state index is -0.315. The molecular weight excluding hydrogens is 370 g/mol. The number of hydrazone groups is 1. The average Bonchev–Trinajstić information content (AvgIpc) is 2.62. The fourth-order valence-corrected chi connectivity index (χ4v) is 4.48. The van der Waals surface area contributed by atoms with E-state index in [2.05, 4.69) is 62.2 Å². The van der Waals surface area contributed by atoms with Crippen LogP contribution >= 0.6 is 11.6 Å². The first kappa shape index (κ1) is 20.4. The summed E-state index contributed by atoms with van der Waals surface area (Å²) in [5, 5.41) is 4.58. The minimum absolute atomic E-state index is 0.145. The Kier molecular flexibility index (Phi) is 5.80. The summed E-state index contributed by atoms with van der Waals surface area (Å²) >= 11 is 6.07. The third-order valence-electron chi connectivity index (χ3n) is 5.58. The van der Waals surface area contributed by atoms with E-state index >= 15 is 0 Å². The first-order valence-electron chi connectivity index (χ1n) is 9.74. The summed E-state index contributed by atoms with van der Waals surface area (Å²) in [7, 11) is 0. The van der Waals surface area contributed by atoms with Crippen LogP contribution in [-0.4, -0.2) is 24.2 Å². The molecule has 1 N–H and O–H groups in total. The lowest BCUT2D eigenvalue weighted by atomic mass is 9.79. The number of halogens is 1. The largest absolute Gasteiger partial charge is 0.366 e. The zero-order chi connectivity index (χ0) is 20.5. The van der Waals surface area contributed by atoms with E-state index in [0.717, 1.165) is 24.1 Å². The van der Waals surface area contributed by atoms with Crippen LogP contribution in [0.2, 0.25) is 5.02 Å². The van der Waals surface area contributed by atoms with Crippen molar-refractivity contribution in [1.82, 2.24) is 5.43 Å². The molecule has 0 saturated heterocycles. The predicted molar refractivity (Wildman–Crippen MR) is 118 cm³/mol. The van der Waals surface area contributed by atoms with Crippen LogP contribution in [0, 0.1) is 6.92 Å². The van der Waals surface area contributed by atoms with Crippen molar-refractivity contribution in [2.75, 3.05) is 11.4 Å². The van der Waals surface area contributed by atoms with Gasteiger partial charge in [-0.25, -0.2) is 5.43 Å². The van der Waals surface area contributed by atoms with Crippen LogP contribution in [0.5, 0.6) is 0 Å².